The minimum atomic E-state index is -0.667. The Balaban J connectivity index is 2.03. The van der Waals surface area contributed by atoms with Crippen molar-refractivity contribution >= 4 is 23.4 Å². The van der Waals surface area contributed by atoms with Gasteiger partial charge in [-0.3, -0.25) is 14.4 Å². The third kappa shape index (κ3) is 5.94. The molecule has 2 aromatic rings. The Morgan fingerprint density at radius 2 is 1.54 bits per heavy atom. The Bertz CT molecular complexity index is 827. The van der Waals surface area contributed by atoms with Crippen LogP contribution in [0.2, 0.25) is 0 Å². The zero-order valence-corrected chi connectivity index (χ0v) is 16.7. The first-order valence-corrected chi connectivity index (χ1v) is 9.28. The standard InChI is InChI=1S/C22H27N3O3/c1-14(2)20(25-21(27)17-9-5-15(3)6-10-17)22(28)24-18-11-7-16(8-12-18)13-19(26)23-4/h5-12,14,20H,13H2,1-4H3,(H,23,26)(H,24,28)(H,25,27). The normalized spacial score (nSPS) is 11.6. The number of aryl methyl sites for hydroxylation is 1. The van der Waals surface area contributed by atoms with Crippen molar-refractivity contribution in [3.05, 3.63) is 65.2 Å². The predicted molar refractivity (Wildman–Crippen MR) is 110 cm³/mol. The van der Waals surface area contributed by atoms with Gasteiger partial charge < -0.3 is 16.0 Å². The van der Waals surface area contributed by atoms with Crippen LogP contribution in [0.1, 0.15) is 35.3 Å². The van der Waals surface area contributed by atoms with Crippen LogP contribution in [0.5, 0.6) is 0 Å². The second-order valence-corrected chi connectivity index (χ2v) is 7.10. The zero-order valence-electron chi connectivity index (χ0n) is 16.7. The number of hydrogen-bond donors (Lipinski definition) is 3. The van der Waals surface area contributed by atoms with Gasteiger partial charge >= 0.3 is 0 Å². The van der Waals surface area contributed by atoms with Crippen LogP contribution in [-0.4, -0.2) is 30.8 Å². The molecule has 0 saturated heterocycles. The van der Waals surface area contributed by atoms with E-state index in [1.807, 2.05) is 32.9 Å². The van der Waals surface area contributed by atoms with Crippen molar-refractivity contribution in [3.63, 3.8) is 0 Å². The number of carbonyl (C=O) groups is 3. The molecule has 0 bridgehead atoms. The minimum Gasteiger partial charge on any atom is -0.359 e. The molecule has 6 heteroatoms. The molecule has 148 valence electrons. The summed E-state index contributed by atoms with van der Waals surface area (Å²) in [6.45, 7) is 5.71. The maximum Gasteiger partial charge on any atom is 0.251 e. The molecule has 0 aromatic heterocycles. The second-order valence-electron chi connectivity index (χ2n) is 7.10. The molecular weight excluding hydrogens is 354 g/mol. The first-order valence-electron chi connectivity index (χ1n) is 9.28. The quantitative estimate of drug-likeness (QED) is 0.689. The van der Waals surface area contributed by atoms with Crippen LogP contribution in [0.25, 0.3) is 0 Å². The van der Waals surface area contributed by atoms with Crippen molar-refractivity contribution in [2.24, 2.45) is 5.92 Å². The lowest BCUT2D eigenvalue weighted by Gasteiger charge is -2.22. The number of amides is 3. The number of likely N-dealkylation sites (N-methyl/N-ethyl adjacent to an activating group) is 1. The molecule has 0 saturated carbocycles. The predicted octanol–water partition coefficient (Wildman–Crippen LogP) is 2.68. The van der Waals surface area contributed by atoms with E-state index in [0.29, 0.717) is 11.3 Å². The first kappa shape index (κ1) is 21.2. The fourth-order valence-corrected chi connectivity index (χ4v) is 2.66. The van der Waals surface area contributed by atoms with Crippen molar-refractivity contribution in [1.82, 2.24) is 10.6 Å². The van der Waals surface area contributed by atoms with Crippen molar-refractivity contribution in [1.29, 1.82) is 0 Å². The average molecular weight is 381 g/mol. The van der Waals surface area contributed by atoms with E-state index in [9.17, 15) is 14.4 Å². The number of hydrogen-bond acceptors (Lipinski definition) is 3. The van der Waals surface area contributed by atoms with Crippen LogP contribution in [0, 0.1) is 12.8 Å². The first-order chi connectivity index (χ1) is 13.3. The molecule has 0 aliphatic carbocycles. The highest BCUT2D eigenvalue weighted by Crippen LogP contribution is 2.13. The maximum atomic E-state index is 12.7. The SMILES string of the molecule is CNC(=O)Cc1ccc(NC(=O)C(NC(=O)c2ccc(C)cc2)C(C)C)cc1. The summed E-state index contributed by atoms with van der Waals surface area (Å²) >= 11 is 0. The molecule has 0 radical (unpaired) electrons. The Morgan fingerprint density at radius 3 is 2.07 bits per heavy atom. The van der Waals surface area contributed by atoms with Gasteiger partial charge in [-0.05, 0) is 42.7 Å². The molecule has 3 N–H and O–H groups in total. The van der Waals surface area contributed by atoms with Crippen molar-refractivity contribution in [2.45, 2.75) is 33.2 Å². The van der Waals surface area contributed by atoms with Crippen molar-refractivity contribution in [3.8, 4) is 0 Å². The van der Waals surface area contributed by atoms with Gasteiger partial charge in [0.1, 0.15) is 6.04 Å². The highest BCUT2D eigenvalue weighted by molar-refractivity contribution is 6.01. The van der Waals surface area contributed by atoms with Crippen LogP contribution in [0.15, 0.2) is 48.5 Å². The molecule has 0 aliphatic heterocycles. The molecule has 3 amide bonds. The molecule has 0 fully saturated rings. The fraction of sp³-hybridized carbons (Fsp3) is 0.318. The molecule has 1 unspecified atom stereocenters. The molecule has 1 atom stereocenters. The number of anilines is 1. The molecule has 6 nitrogen and oxygen atoms in total. The van der Waals surface area contributed by atoms with Gasteiger partial charge in [0.2, 0.25) is 11.8 Å². The van der Waals surface area contributed by atoms with Gasteiger partial charge in [0.25, 0.3) is 5.91 Å². The summed E-state index contributed by atoms with van der Waals surface area (Å²) in [4.78, 5) is 36.6. The summed E-state index contributed by atoms with van der Waals surface area (Å²) in [6, 6.07) is 13.6. The number of rotatable bonds is 7. The lowest BCUT2D eigenvalue weighted by molar-refractivity contribution is -0.120. The van der Waals surface area contributed by atoms with Crippen LogP contribution in [0.3, 0.4) is 0 Å². The van der Waals surface area contributed by atoms with Crippen LogP contribution < -0.4 is 16.0 Å². The zero-order chi connectivity index (χ0) is 20.7. The molecular formula is C22H27N3O3. The van der Waals surface area contributed by atoms with E-state index in [-0.39, 0.29) is 30.1 Å². The summed E-state index contributed by atoms with van der Waals surface area (Å²) in [5, 5.41) is 8.22. The van der Waals surface area contributed by atoms with Gasteiger partial charge in [-0.25, -0.2) is 0 Å². The van der Waals surface area contributed by atoms with Crippen LogP contribution in [-0.2, 0) is 16.0 Å². The van der Waals surface area contributed by atoms with Crippen molar-refractivity contribution in [2.75, 3.05) is 12.4 Å². The third-order valence-electron chi connectivity index (χ3n) is 4.41. The van der Waals surface area contributed by atoms with Gasteiger partial charge in [0, 0.05) is 18.3 Å². The van der Waals surface area contributed by atoms with E-state index >= 15 is 0 Å². The Kier molecular flexibility index (Phi) is 7.32. The number of carbonyl (C=O) groups excluding carboxylic acids is 3. The Hall–Kier alpha value is -3.15. The minimum absolute atomic E-state index is 0.0736. The van der Waals surface area contributed by atoms with Gasteiger partial charge in [0.05, 0.1) is 6.42 Å². The Labute approximate surface area is 165 Å². The molecule has 28 heavy (non-hydrogen) atoms. The second kappa shape index (κ2) is 9.69. The summed E-state index contributed by atoms with van der Waals surface area (Å²) in [5.74, 6) is -0.721. The molecule has 0 aliphatic rings. The lowest BCUT2D eigenvalue weighted by atomic mass is 10.0. The van der Waals surface area contributed by atoms with E-state index < -0.39 is 6.04 Å². The number of benzene rings is 2. The molecule has 0 spiro atoms. The highest BCUT2D eigenvalue weighted by atomic mass is 16.2. The smallest absolute Gasteiger partial charge is 0.251 e. The van der Waals surface area contributed by atoms with E-state index in [1.54, 1.807) is 43.4 Å². The summed E-state index contributed by atoms with van der Waals surface area (Å²) in [5.41, 5.74) is 3.04. The number of nitrogens with one attached hydrogen (secondary N) is 3. The fourth-order valence-electron chi connectivity index (χ4n) is 2.66. The van der Waals surface area contributed by atoms with E-state index in [1.165, 1.54) is 0 Å². The van der Waals surface area contributed by atoms with Crippen molar-refractivity contribution < 1.29 is 14.4 Å². The van der Waals surface area contributed by atoms with Gasteiger partial charge in [-0.1, -0.05) is 43.7 Å². The summed E-state index contributed by atoms with van der Waals surface area (Å²) in [7, 11) is 1.59. The van der Waals surface area contributed by atoms with Gasteiger partial charge in [-0.2, -0.15) is 0 Å². The van der Waals surface area contributed by atoms with E-state index in [4.69, 9.17) is 0 Å². The maximum absolute atomic E-state index is 12.7. The van der Waals surface area contributed by atoms with E-state index in [2.05, 4.69) is 16.0 Å². The summed E-state index contributed by atoms with van der Waals surface area (Å²) in [6.07, 6.45) is 0.284. The molecule has 2 rings (SSSR count). The largest absolute Gasteiger partial charge is 0.359 e. The van der Waals surface area contributed by atoms with Crippen LogP contribution in [0.4, 0.5) is 5.69 Å². The molecule has 0 heterocycles. The van der Waals surface area contributed by atoms with Gasteiger partial charge in [0.15, 0.2) is 0 Å². The lowest BCUT2D eigenvalue weighted by Crippen LogP contribution is -2.47. The van der Waals surface area contributed by atoms with E-state index in [0.717, 1.165) is 11.1 Å². The van der Waals surface area contributed by atoms with Crippen LogP contribution >= 0.6 is 0 Å². The monoisotopic (exact) mass is 381 g/mol. The molecule has 2 aromatic carbocycles. The highest BCUT2D eigenvalue weighted by Gasteiger charge is 2.24. The Morgan fingerprint density at radius 1 is 0.929 bits per heavy atom. The summed E-state index contributed by atoms with van der Waals surface area (Å²) < 4.78 is 0. The topological polar surface area (TPSA) is 87.3 Å². The average Bonchev–Trinajstić information content (AvgIpc) is 2.67. The van der Waals surface area contributed by atoms with Gasteiger partial charge in [-0.15, -0.1) is 0 Å². The third-order valence-corrected chi connectivity index (χ3v) is 4.41.